The largest absolute Gasteiger partial charge is 0.481 e. The molecule has 0 amide bonds. The minimum absolute atomic E-state index is 0.0224. The number of hydrogen-bond acceptors (Lipinski definition) is 5. The number of morpholine rings is 1. The summed E-state index contributed by atoms with van der Waals surface area (Å²) >= 11 is 0. The van der Waals surface area contributed by atoms with Crippen LogP contribution in [0.3, 0.4) is 0 Å². The molecule has 1 aromatic carbocycles. The summed E-state index contributed by atoms with van der Waals surface area (Å²) < 4.78 is 5.39. The molecule has 0 radical (unpaired) electrons. The quantitative estimate of drug-likeness (QED) is 0.645. The van der Waals surface area contributed by atoms with Crippen LogP contribution in [0.15, 0.2) is 24.3 Å². The summed E-state index contributed by atoms with van der Waals surface area (Å²) in [7, 11) is 0. The van der Waals surface area contributed by atoms with Crippen molar-refractivity contribution in [2.75, 3.05) is 19.7 Å². The van der Waals surface area contributed by atoms with Gasteiger partial charge in [0.2, 0.25) is 0 Å². The van der Waals surface area contributed by atoms with E-state index in [4.69, 9.17) is 9.84 Å². The molecule has 20 heavy (non-hydrogen) atoms. The molecule has 1 saturated heterocycles. The standard InChI is InChI=1S/C13H16N2O5/c16-13(17)7-12-9-14(4-5-20-12)8-10-2-1-3-11(6-10)15(18)19/h1-3,6,12H,4-5,7-9H2,(H,16,17). The van der Waals surface area contributed by atoms with Gasteiger partial charge in [0.25, 0.3) is 5.69 Å². The number of nitro benzene ring substituents is 1. The van der Waals surface area contributed by atoms with Gasteiger partial charge in [-0.15, -0.1) is 0 Å². The number of aliphatic carboxylic acids is 1. The predicted molar refractivity (Wildman–Crippen MR) is 70.4 cm³/mol. The Hall–Kier alpha value is -1.99. The lowest BCUT2D eigenvalue weighted by Gasteiger charge is -2.32. The number of rotatable bonds is 5. The van der Waals surface area contributed by atoms with Crippen LogP contribution in [0.5, 0.6) is 0 Å². The van der Waals surface area contributed by atoms with Gasteiger partial charge in [-0.25, -0.2) is 0 Å². The van der Waals surface area contributed by atoms with E-state index in [1.54, 1.807) is 12.1 Å². The van der Waals surface area contributed by atoms with Gasteiger partial charge in [0.05, 0.1) is 24.1 Å². The van der Waals surface area contributed by atoms with Gasteiger partial charge in [-0.05, 0) is 5.56 Å². The Morgan fingerprint density at radius 1 is 1.55 bits per heavy atom. The van der Waals surface area contributed by atoms with Crippen LogP contribution >= 0.6 is 0 Å². The van der Waals surface area contributed by atoms with Crippen LogP contribution in [0.2, 0.25) is 0 Å². The highest BCUT2D eigenvalue weighted by Crippen LogP contribution is 2.17. The molecule has 7 heteroatoms. The fourth-order valence-corrected chi connectivity index (χ4v) is 2.27. The highest BCUT2D eigenvalue weighted by Gasteiger charge is 2.23. The third-order valence-corrected chi connectivity index (χ3v) is 3.15. The number of non-ortho nitro benzene ring substituents is 1. The summed E-state index contributed by atoms with van der Waals surface area (Å²) in [5.41, 5.74) is 0.910. The first-order valence-corrected chi connectivity index (χ1v) is 6.33. The van der Waals surface area contributed by atoms with E-state index in [1.165, 1.54) is 6.07 Å². The normalized spacial score (nSPS) is 19.7. The fourth-order valence-electron chi connectivity index (χ4n) is 2.27. The highest BCUT2D eigenvalue weighted by atomic mass is 16.6. The molecule has 1 atom stereocenters. The van der Waals surface area contributed by atoms with Gasteiger partial charge in [0.1, 0.15) is 0 Å². The van der Waals surface area contributed by atoms with Crippen molar-refractivity contribution >= 4 is 11.7 Å². The van der Waals surface area contributed by atoms with E-state index in [0.29, 0.717) is 26.2 Å². The van der Waals surface area contributed by atoms with Crippen molar-refractivity contribution in [1.82, 2.24) is 4.90 Å². The Morgan fingerprint density at radius 2 is 2.35 bits per heavy atom. The Kier molecular flexibility index (Phi) is 4.65. The fraction of sp³-hybridized carbons (Fsp3) is 0.462. The number of benzene rings is 1. The van der Waals surface area contributed by atoms with Crippen LogP contribution in [0.4, 0.5) is 5.69 Å². The first-order valence-electron chi connectivity index (χ1n) is 6.33. The molecule has 1 aromatic rings. The maximum Gasteiger partial charge on any atom is 0.306 e. The van der Waals surface area contributed by atoms with Crippen LogP contribution in [0.25, 0.3) is 0 Å². The Balaban J connectivity index is 1.97. The van der Waals surface area contributed by atoms with E-state index in [1.807, 2.05) is 6.07 Å². The van der Waals surface area contributed by atoms with E-state index in [0.717, 1.165) is 5.56 Å². The summed E-state index contributed by atoms with van der Waals surface area (Å²) in [6.07, 6.45) is -0.342. The maximum absolute atomic E-state index is 10.7. The summed E-state index contributed by atoms with van der Waals surface area (Å²) in [5, 5.41) is 19.5. The Bertz CT molecular complexity index is 505. The number of nitrogens with zero attached hydrogens (tertiary/aromatic N) is 2. The lowest BCUT2D eigenvalue weighted by atomic mass is 10.1. The van der Waals surface area contributed by atoms with Crippen LogP contribution in [0.1, 0.15) is 12.0 Å². The van der Waals surface area contributed by atoms with Gasteiger partial charge < -0.3 is 9.84 Å². The van der Waals surface area contributed by atoms with Crippen molar-refractivity contribution in [3.05, 3.63) is 39.9 Å². The molecule has 1 heterocycles. The lowest BCUT2D eigenvalue weighted by Crippen LogP contribution is -2.42. The van der Waals surface area contributed by atoms with Gasteiger partial charge in [-0.3, -0.25) is 19.8 Å². The van der Waals surface area contributed by atoms with Gasteiger partial charge in [0, 0.05) is 31.8 Å². The molecule has 7 nitrogen and oxygen atoms in total. The first kappa shape index (κ1) is 14.4. The van der Waals surface area contributed by atoms with E-state index in [2.05, 4.69) is 4.90 Å². The van der Waals surface area contributed by atoms with Crippen LogP contribution in [-0.2, 0) is 16.1 Å². The topological polar surface area (TPSA) is 92.9 Å². The average molecular weight is 280 g/mol. The van der Waals surface area contributed by atoms with E-state index >= 15 is 0 Å². The minimum atomic E-state index is -0.882. The van der Waals surface area contributed by atoms with Crippen molar-refractivity contribution < 1.29 is 19.6 Å². The zero-order valence-corrected chi connectivity index (χ0v) is 10.9. The van der Waals surface area contributed by atoms with E-state index in [-0.39, 0.29) is 18.2 Å². The maximum atomic E-state index is 10.7. The number of hydrogen-bond donors (Lipinski definition) is 1. The zero-order chi connectivity index (χ0) is 14.5. The molecule has 0 spiro atoms. The summed E-state index contributed by atoms with van der Waals surface area (Å²) in [6, 6.07) is 6.48. The molecule has 1 fully saturated rings. The minimum Gasteiger partial charge on any atom is -0.481 e. The van der Waals surface area contributed by atoms with E-state index in [9.17, 15) is 14.9 Å². The molecular weight excluding hydrogens is 264 g/mol. The SMILES string of the molecule is O=C(O)CC1CN(Cc2cccc([N+](=O)[O-])c2)CCO1. The van der Waals surface area contributed by atoms with Crippen molar-refractivity contribution in [3.63, 3.8) is 0 Å². The monoisotopic (exact) mass is 280 g/mol. The Morgan fingerprint density at radius 3 is 3.05 bits per heavy atom. The smallest absolute Gasteiger partial charge is 0.306 e. The van der Waals surface area contributed by atoms with Gasteiger partial charge in [-0.2, -0.15) is 0 Å². The molecule has 0 aromatic heterocycles. The molecular formula is C13H16N2O5. The van der Waals surface area contributed by atoms with Crippen molar-refractivity contribution in [3.8, 4) is 0 Å². The van der Waals surface area contributed by atoms with Gasteiger partial charge >= 0.3 is 5.97 Å². The molecule has 1 unspecified atom stereocenters. The summed E-state index contributed by atoms with van der Waals surface area (Å²) in [6.45, 7) is 2.25. The van der Waals surface area contributed by atoms with Gasteiger partial charge in [0.15, 0.2) is 0 Å². The molecule has 0 bridgehead atoms. The van der Waals surface area contributed by atoms with Crippen LogP contribution in [-0.4, -0.2) is 46.7 Å². The van der Waals surface area contributed by atoms with E-state index < -0.39 is 10.9 Å². The summed E-state index contributed by atoms with van der Waals surface area (Å²) in [5.74, 6) is -0.882. The van der Waals surface area contributed by atoms with Crippen molar-refractivity contribution in [2.45, 2.75) is 19.1 Å². The number of nitro groups is 1. The third-order valence-electron chi connectivity index (χ3n) is 3.15. The second-order valence-corrected chi connectivity index (χ2v) is 4.75. The average Bonchev–Trinajstić information content (AvgIpc) is 2.38. The zero-order valence-electron chi connectivity index (χ0n) is 10.9. The molecule has 1 aliphatic heterocycles. The summed E-state index contributed by atoms with van der Waals surface area (Å²) in [4.78, 5) is 23.0. The second-order valence-electron chi connectivity index (χ2n) is 4.75. The number of carboxylic acid groups (broad SMARTS) is 1. The number of carbonyl (C=O) groups is 1. The highest BCUT2D eigenvalue weighted by molar-refractivity contribution is 5.67. The molecule has 0 aliphatic carbocycles. The number of carboxylic acids is 1. The lowest BCUT2D eigenvalue weighted by molar-refractivity contribution is -0.384. The third kappa shape index (κ3) is 4.01. The first-order chi connectivity index (χ1) is 9.54. The van der Waals surface area contributed by atoms with Gasteiger partial charge in [-0.1, -0.05) is 12.1 Å². The van der Waals surface area contributed by atoms with Crippen LogP contribution in [0, 0.1) is 10.1 Å². The molecule has 1 N–H and O–H groups in total. The number of ether oxygens (including phenoxy) is 1. The van der Waals surface area contributed by atoms with Crippen molar-refractivity contribution in [1.29, 1.82) is 0 Å². The Labute approximate surface area is 115 Å². The molecule has 1 aliphatic rings. The molecule has 108 valence electrons. The van der Waals surface area contributed by atoms with Crippen LogP contribution < -0.4 is 0 Å². The predicted octanol–water partition coefficient (Wildman–Crippen LogP) is 1.27. The second kappa shape index (κ2) is 6.44. The molecule has 0 saturated carbocycles. The van der Waals surface area contributed by atoms with Crippen molar-refractivity contribution in [2.24, 2.45) is 0 Å². The molecule has 2 rings (SSSR count).